The van der Waals surface area contributed by atoms with Gasteiger partial charge in [-0.05, 0) is 60.2 Å². The van der Waals surface area contributed by atoms with Crippen LogP contribution < -0.4 is 15.4 Å². The van der Waals surface area contributed by atoms with Crippen molar-refractivity contribution in [3.8, 4) is 5.75 Å². The lowest BCUT2D eigenvalue weighted by molar-refractivity contribution is 0.306. The number of pyridine rings is 1. The molecule has 0 amide bonds. The van der Waals surface area contributed by atoms with Crippen LogP contribution in [-0.2, 0) is 6.61 Å². The normalized spacial score (nSPS) is 10.2. The Morgan fingerprint density at radius 1 is 1.08 bits per heavy atom. The average molecular weight is 388 g/mol. The van der Waals surface area contributed by atoms with E-state index in [2.05, 4.69) is 15.6 Å². The van der Waals surface area contributed by atoms with Crippen molar-refractivity contribution in [3.05, 3.63) is 83.3 Å². The number of benzene rings is 2. The Labute approximate surface area is 161 Å². The van der Waals surface area contributed by atoms with Crippen LogP contribution in [0, 0.1) is 5.82 Å². The third-order valence-electron chi connectivity index (χ3n) is 3.37. The molecule has 0 radical (unpaired) electrons. The van der Waals surface area contributed by atoms with Crippen LogP contribution >= 0.6 is 23.8 Å². The highest BCUT2D eigenvalue weighted by molar-refractivity contribution is 7.80. The quantitative estimate of drug-likeness (QED) is 0.584. The van der Waals surface area contributed by atoms with E-state index in [1.54, 1.807) is 42.6 Å². The molecule has 0 bridgehead atoms. The number of nitrogens with one attached hydrogen (secondary N) is 2. The second kappa shape index (κ2) is 8.60. The van der Waals surface area contributed by atoms with E-state index >= 15 is 0 Å². The van der Waals surface area contributed by atoms with Crippen LogP contribution in [-0.4, -0.2) is 10.1 Å². The molecular weight excluding hydrogens is 373 g/mol. The van der Waals surface area contributed by atoms with E-state index in [-0.39, 0.29) is 12.4 Å². The van der Waals surface area contributed by atoms with Gasteiger partial charge in [0.25, 0.3) is 0 Å². The maximum absolute atomic E-state index is 13.3. The lowest BCUT2D eigenvalue weighted by Gasteiger charge is -2.14. The first-order valence-corrected chi connectivity index (χ1v) is 8.54. The number of rotatable bonds is 5. The fourth-order valence-electron chi connectivity index (χ4n) is 2.22. The summed E-state index contributed by atoms with van der Waals surface area (Å²) in [7, 11) is 0. The van der Waals surface area contributed by atoms with E-state index in [0.717, 1.165) is 11.3 Å². The zero-order valence-corrected chi connectivity index (χ0v) is 15.2. The van der Waals surface area contributed by atoms with E-state index in [4.69, 9.17) is 28.6 Å². The first kappa shape index (κ1) is 18.1. The van der Waals surface area contributed by atoms with Gasteiger partial charge < -0.3 is 15.4 Å². The Balaban J connectivity index is 1.65. The molecule has 1 heterocycles. The number of anilines is 2. The highest BCUT2D eigenvalue weighted by atomic mass is 35.5. The van der Waals surface area contributed by atoms with E-state index in [1.807, 2.05) is 12.1 Å². The number of ether oxygens (including phenoxy) is 1. The maximum atomic E-state index is 13.3. The van der Waals surface area contributed by atoms with Crippen LogP contribution in [0.3, 0.4) is 0 Å². The predicted molar refractivity (Wildman–Crippen MR) is 106 cm³/mol. The van der Waals surface area contributed by atoms with Gasteiger partial charge in [0.15, 0.2) is 16.7 Å². The number of nitrogens with zero attached hydrogens (tertiary/aromatic N) is 1. The molecule has 3 rings (SSSR count). The van der Waals surface area contributed by atoms with Crippen LogP contribution in [0.2, 0.25) is 5.02 Å². The van der Waals surface area contributed by atoms with Gasteiger partial charge in [0.2, 0.25) is 0 Å². The van der Waals surface area contributed by atoms with Gasteiger partial charge in [0.1, 0.15) is 12.4 Å². The van der Waals surface area contributed by atoms with Gasteiger partial charge in [-0.2, -0.15) is 0 Å². The summed E-state index contributed by atoms with van der Waals surface area (Å²) >= 11 is 11.3. The molecule has 0 unspecified atom stereocenters. The minimum absolute atomic E-state index is 0.215. The molecule has 0 aliphatic carbocycles. The Hall–Kier alpha value is -2.70. The Kier molecular flexibility index (Phi) is 5.99. The van der Waals surface area contributed by atoms with Gasteiger partial charge in [-0.3, -0.25) is 0 Å². The molecule has 0 saturated heterocycles. The van der Waals surface area contributed by atoms with Crippen molar-refractivity contribution in [2.24, 2.45) is 0 Å². The summed E-state index contributed by atoms with van der Waals surface area (Å²) in [4.78, 5) is 4.24. The smallest absolute Gasteiger partial charge is 0.176 e. The van der Waals surface area contributed by atoms with E-state index in [1.165, 1.54) is 12.1 Å². The van der Waals surface area contributed by atoms with Crippen molar-refractivity contribution in [2.75, 3.05) is 10.6 Å². The SMILES string of the molecule is Fc1cccc(COc2cccnc2NC(=S)Nc2cccc(Cl)c2)c1. The topological polar surface area (TPSA) is 46.2 Å². The molecule has 7 heteroatoms. The molecule has 1 aromatic heterocycles. The number of hydrogen-bond acceptors (Lipinski definition) is 3. The van der Waals surface area contributed by atoms with Gasteiger partial charge in [0.05, 0.1) is 0 Å². The average Bonchev–Trinajstić information content (AvgIpc) is 2.61. The van der Waals surface area contributed by atoms with Crippen LogP contribution in [0.15, 0.2) is 66.9 Å². The minimum Gasteiger partial charge on any atom is -0.485 e. The van der Waals surface area contributed by atoms with Crippen molar-refractivity contribution in [1.82, 2.24) is 4.98 Å². The third-order valence-corrected chi connectivity index (χ3v) is 3.81. The summed E-state index contributed by atoms with van der Waals surface area (Å²) in [5.74, 6) is 0.665. The Bertz CT molecular complexity index is 923. The molecular formula is C19H15ClFN3OS. The molecule has 4 nitrogen and oxygen atoms in total. The van der Waals surface area contributed by atoms with Gasteiger partial charge in [-0.25, -0.2) is 9.37 Å². The number of aromatic nitrogens is 1. The predicted octanol–water partition coefficient (Wildman–Crippen LogP) is 5.26. The van der Waals surface area contributed by atoms with Crippen molar-refractivity contribution in [1.29, 1.82) is 0 Å². The monoisotopic (exact) mass is 387 g/mol. The molecule has 0 spiro atoms. The highest BCUT2D eigenvalue weighted by Gasteiger charge is 2.08. The van der Waals surface area contributed by atoms with Gasteiger partial charge in [-0.1, -0.05) is 29.8 Å². The van der Waals surface area contributed by atoms with Gasteiger partial charge in [-0.15, -0.1) is 0 Å². The zero-order chi connectivity index (χ0) is 18.4. The first-order chi connectivity index (χ1) is 12.6. The lowest BCUT2D eigenvalue weighted by Crippen LogP contribution is -2.20. The molecule has 0 aliphatic heterocycles. The second-order valence-electron chi connectivity index (χ2n) is 5.36. The summed E-state index contributed by atoms with van der Waals surface area (Å²) in [6, 6.07) is 17.0. The molecule has 2 aromatic carbocycles. The standard InChI is InChI=1S/C19H15ClFN3OS/c20-14-5-2-7-16(11-14)23-19(26)24-18-17(8-3-9-22-18)25-12-13-4-1-6-15(21)10-13/h1-11H,12H2,(H2,22,23,24,26). The lowest BCUT2D eigenvalue weighted by atomic mass is 10.2. The highest BCUT2D eigenvalue weighted by Crippen LogP contribution is 2.23. The van der Waals surface area contributed by atoms with Crippen LogP contribution in [0.5, 0.6) is 5.75 Å². The van der Waals surface area contributed by atoms with E-state index in [0.29, 0.717) is 21.7 Å². The molecule has 3 aromatic rings. The van der Waals surface area contributed by atoms with Crippen LogP contribution in [0.25, 0.3) is 0 Å². The summed E-state index contributed by atoms with van der Waals surface area (Å²) in [5.41, 5.74) is 1.48. The van der Waals surface area contributed by atoms with Gasteiger partial charge >= 0.3 is 0 Å². The fraction of sp³-hybridized carbons (Fsp3) is 0.0526. The molecule has 0 fully saturated rings. The number of hydrogen-bond donors (Lipinski definition) is 2. The zero-order valence-electron chi connectivity index (χ0n) is 13.6. The molecule has 26 heavy (non-hydrogen) atoms. The Morgan fingerprint density at radius 2 is 1.92 bits per heavy atom. The second-order valence-corrected chi connectivity index (χ2v) is 6.20. The molecule has 132 valence electrons. The van der Waals surface area contributed by atoms with Crippen LogP contribution in [0.1, 0.15) is 5.56 Å². The molecule has 2 N–H and O–H groups in total. The van der Waals surface area contributed by atoms with E-state index < -0.39 is 0 Å². The summed E-state index contributed by atoms with van der Waals surface area (Å²) in [6.07, 6.45) is 1.62. The summed E-state index contributed by atoms with van der Waals surface area (Å²) in [6.45, 7) is 0.215. The van der Waals surface area contributed by atoms with E-state index in [9.17, 15) is 4.39 Å². The number of thiocarbonyl (C=S) groups is 1. The first-order valence-electron chi connectivity index (χ1n) is 7.76. The summed E-state index contributed by atoms with van der Waals surface area (Å²) < 4.78 is 19.0. The van der Waals surface area contributed by atoms with Crippen LogP contribution in [0.4, 0.5) is 15.9 Å². The minimum atomic E-state index is -0.303. The van der Waals surface area contributed by atoms with Crippen molar-refractivity contribution in [3.63, 3.8) is 0 Å². The molecule has 0 atom stereocenters. The molecule has 0 aliphatic rings. The Morgan fingerprint density at radius 3 is 2.73 bits per heavy atom. The fourth-order valence-corrected chi connectivity index (χ4v) is 2.63. The number of halogens is 2. The van der Waals surface area contributed by atoms with Crippen molar-refractivity contribution < 1.29 is 9.13 Å². The van der Waals surface area contributed by atoms with Gasteiger partial charge in [0, 0.05) is 16.9 Å². The van der Waals surface area contributed by atoms with Crippen molar-refractivity contribution in [2.45, 2.75) is 6.61 Å². The maximum Gasteiger partial charge on any atom is 0.176 e. The molecule has 0 saturated carbocycles. The summed E-state index contributed by atoms with van der Waals surface area (Å²) in [5, 5.41) is 6.98. The largest absolute Gasteiger partial charge is 0.485 e. The van der Waals surface area contributed by atoms with Crippen molar-refractivity contribution >= 4 is 40.4 Å². The third kappa shape index (κ3) is 5.15.